The van der Waals surface area contributed by atoms with Gasteiger partial charge in [0.15, 0.2) is 0 Å². The maximum absolute atomic E-state index is 11.7. The lowest BCUT2D eigenvalue weighted by molar-refractivity contribution is -0.192. The Balaban J connectivity index is 0.000000322. The molecule has 11 heteroatoms. The van der Waals surface area contributed by atoms with Crippen molar-refractivity contribution in [1.29, 1.82) is 0 Å². The third-order valence-electron chi connectivity index (χ3n) is 2.87. The van der Waals surface area contributed by atoms with E-state index >= 15 is 0 Å². The van der Waals surface area contributed by atoms with Gasteiger partial charge in [-0.25, -0.2) is 4.79 Å². The Kier molecular flexibility index (Phi) is 7.26. The number of carboxylic acids is 1. The number of aliphatic hydroxyl groups is 1. The van der Waals surface area contributed by atoms with Crippen molar-refractivity contribution in [2.45, 2.75) is 12.3 Å². The zero-order valence-corrected chi connectivity index (χ0v) is 13.1. The third kappa shape index (κ3) is 6.73. The molecule has 1 saturated heterocycles. The van der Waals surface area contributed by atoms with Crippen molar-refractivity contribution in [3.05, 3.63) is 21.3 Å². The number of amides is 1. The fourth-order valence-electron chi connectivity index (χ4n) is 1.67. The average molecular weight is 375 g/mol. The largest absolute Gasteiger partial charge is 0.490 e. The first-order valence-corrected chi connectivity index (χ1v) is 7.53. The van der Waals surface area contributed by atoms with Gasteiger partial charge in [0.1, 0.15) is 0 Å². The predicted octanol–water partition coefficient (Wildman–Crippen LogP) is 1.34. The Morgan fingerprint density at radius 2 is 2.00 bits per heavy atom. The van der Waals surface area contributed by atoms with Crippen molar-refractivity contribution >= 4 is 34.8 Å². The van der Waals surface area contributed by atoms with Gasteiger partial charge in [0.05, 0.1) is 15.3 Å². The highest BCUT2D eigenvalue weighted by Gasteiger charge is 2.38. The molecule has 1 aliphatic rings. The Morgan fingerprint density at radius 1 is 1.39 bits per heavy atom. The summed E-state index contributed by atoms with van der Waals surface area (Å²) in [5.41, 5.74) is 0. The smallest absolute Gasteiger partial charge is 0.475 e. The van der Waals surface area contributed by atoms with Gasteiger partial charge >= 0.3 is 12.1 Å². The zero-order valence-electron chi connectivity index (χ0n) is 11.6. The zero-order chi connectivity index (χ0) is 17.6. The number of alkyl halides is 3. The molecule has 23 heavy (non-hydrogen) atoms. The Morgan fingerprint density at radius 3 is 2.39 bits per heavy atom. The van der Waals surface area contributed by atoms with Gasteiger partial charge in [-0.05, 0) is 12.1 Å². The minimum absolute atomic E-state index is 0.0967. The summed E-state index contributed by atoms with van der Waals surface area (Å²) in [6.45, 7) is 1.83. The molecule has 0 bridgehead atoms. The first-order valence-electron chi connectivity index (χ1n) is 6.33. The highest BCUT2D eigenvalue weighted by atomic mass is 35.5. The molecule has 0 unspecified atom stereocenters. The third-order valence-corrected chi connectivity index (χ3v) is 4.10. The molecule has 1 fully saturated rings. The quantitative estimate of drug-likeness (QED) is 0.640. The van der Waals surface area contributed by atoms with Crippen LogP contribution in [0.3, 0.4) is 0 Å². The normalized spacial score (nSPS) is 20.6. The standard InChI is InChI=1S/C10H13ClN2O2S.C2HF3O2/c11-9-2-1-8(16-9)10(15)13-4-6-3-12-5-7(6)14;3-2(4,5)1(6)7/h1-2,6-7,12,14H,3-5H2,(H,13,15);(H,6,7)/t6-,7+;/m0./s1. The maximum atomic E-state index is 11.7. The summed E-state index contributed by atoms with van der Waals surface area (Å²) in [5, 5.41) is 22.5. The molecule has 2 rings (SSSR count). The highest BCUT2D eigenvalue weighted by molar-refractivity contribution is 7.17. The number of thiophene rings is 1. The van der Waals surface area contributed by atoms with E-state index in [2.05, 4.69) is 10.6 Å². The Bertz CT molecular complexity index is 553. The molecule has 4 N–H and O–H groups in total. The lowest BCUT2D eigenvalue weighted by Gasteiger charge is -2.13. The SMILES string of the molecule is O=C(NC[C@@H]1CNC[C@H]1O)c1ccc(Cl)s1.O=C(O)C(F)(F)F. The van der Waals surface area contributed by atoms with Gasteiger partial charge in [0, 0.05) is 25.6 Å². The molecule has 0 aromatic carbocycles. The number of aliphatic carboxylic acids is 1. The summed E-state index contributed by atoms with van der Waals surface area (Å²) in [5.74, 6) is -2.79. The van der Waals surface area contributed by atoms with Gasteiger partial charge in [-0.2, -0.15) is 13.2 Å². The summed E-state index contributed by atoms with van der Waals surface area (Å²) in [7, 11) is 0. The van der Waals surface area contributed by atoms with Gasteiger partial charge < -0.3 is 20.8 Å². The van der Waals surface area contributed by atoms with Crippen LogP contribution in [0.25, 0.3) is 0 Å². The van der Waals surface area contributed by atoms with Gasteiger partial charge in [0.2, 0.25) is 0 Å². The molecule has 1 aromatic rings. The van der Waals surface area contributed by atoms with Crippen LogP contribution in [0.5, 0.6) is 0 Å². The lowest BCUT2D eigenvalue weighted by atomic mass is 10.1. The monoisotopic (exact) mass is 374 g/mol. The number of halogens is 4. The van der Waals surface area contributed by atoms with E-state index in [4.69, 9.17) is 21.5 Å². The summed E-state index contributed by atoms with van der Waals surface area (Å²) < 4.78 is 32.3. The fraction of sp³-hybridized carbons (Fsp3) is 0.500. The number of β-amino-alcohol motifs (C(OH)–C–C–N with tert-alkyl or cyclic N) is 1. The number of hydrogen-bond acceptors (Lipinski definition) is 5. The van der Waals surface area contributed by atoms with Crippen LogP contribution < -0.4 is 10.6 Å². The number of nitrogens with one attached hydrogen (secondary N) is 2. The number of carbonyl (C=O) groups is 2. The molecule has 1 aliphatic heterocycles. The van der Waals surface area contributed by atoms with Crippen LogP contribution >= 0.6 is 22.9 Å². The van der Waals surface area contributed by atoms with Crippen molar-refractivity contribution in [3.63, 3.8) is 0 Å². The van der Waals surface area contributed by atoms with Crippen LogP contribution in [0, 0.1) is 5.92 Å². The van der Waals surface area contributed by atoms with Crippen LogP contribution in [0.15, 0.2) is 12.1 Å². The molecule has 0 radical (unpaired) electrons. The van der Waals surface area contributed by atoms with Crippen molar-refractivity contribution < 1.29 is 33.0 Å². The van der Waals surface area contributed by atoms with Gasteiger partial charge in [0.25, 0.3) is 5.91 Å². The van der Waals surface area contributed by atoms with E-state index in [1.165, 1.54) is 11.3 Å². The fourth-order valence-corrected chi connectivity index (χ4v) is 2.63. The Hall–Kier alpha value is -1.36. The summed E-state index contributed by atoms with van der Waals surface area (Å²) >= 11 is 7.00. The summed E-state index contributed by atoms with van der Waals surface area (Å²) in [4.78, 5) is 21.2. The van der Waals surface area contributed by atoms with Crippen LogP contribution in [-0.4, -0.2) is 54.0 Å². The van der Waals surface area contributed by atoms with Crippen LogP contribution in [0.4, 0.5) is 13.2 Å². The molecular weight excluding hydrogens is 361 g/mol. The topological polar surface area (TPSA) is 98.7 Å². The summed E-state index contributed by atoms with van der Waals surface area (Å²) in [6.07, 6.45) is -5.45. The number of carboxylic acid groups (broad SMARTS) is 1. The van der Waals surface area contributed by atoms with Gasteiger partial charge in [-0.15, -0.1) is 11.3 Å². The van der Waals surface area contributed by atoms with E-state index in [0.29, 0.717) is 22.3 Å². The number of carbonyl (C=O) groups excluding carboxylic acids is 1. The van der Waals surface area contributed by atoms with E-state index in [-0.39, 0.29) is 17.9 Å². The molecular formula is C12H14ClF3N2O4S. The number of hydrogen-bond donors (Lipinski definition) is 4. The summed E-state index contributed by atoms with van der Waals surface area (Å²) in [6, 6.07) is 3.40. The molecule has 0 aliphatic carbocycles. The minimum Gasteiger partial charge on any atom is -0.475 e. The molecule has 2 atom stereocenters. The second kappa shape index (κ2) is 8.48. The van der Waals surface area contributed by atoms with Crippen molar-refractivity contribution in [3.8, 4) is 0 Å². The van der Waals surface area contributed by atoms with Crippen LogP contribution in [-0.2, 0) is 4.79 Å². The van der Waals surface area contributed by atoms with E-state index in [1.54, 1.807) is 12.1 Å². The number of aliphatic hydroxyl groups excluding tert-OH is 1. The highest BCUT2D eigenvalue weighted by Crippen LogP contribution is 2.21. The second-order valence-corrected chi connectivity index (χ2v) is 6.32. The van der Waals surface area contributed by atoms with E-state index in [9.17, 15) is 23.1 Å². The maximum Gasteiger partial charge on any atom is 0.490 e. The average Bonchev–Trinajstić information content (AvgIpc) is 3.04. The molecule has 2 heterocycles. The van der Waals surface area contributed by atoms with Crippen molar-refractivity contribution in [1.82, 2.24) is 10.6 Å². The molecule has 0 saturated carbocycles. The first-order chi connectivity index (χ1) is 10.6. The van der Waals surface area contributed by atoms with Crippen LogP contribution in [0.2, 0.25) is 4.34 Å². The van der Waals surface area contributed by atoms with Crippen molar-refractivity contribution in [2.75, 3.05) is 19.6 Å². The van der Waals surface area contributed by atoms with Gasteiger partial charge in [-0.1, -0.05) is 11.6 Å². The molecule has 1 aromatic heterocycles. The molecule has 130 valence electrons. The van der Waals surface area contributed by atoms with E-state index in [1.807, 2.05) is 0 Å². The number of rotatable bonds is 3. The minimum atomic E-state index is -5.08. The second-order valence-electron chi connectivity index (χ2n) is 4.60. The van der Waals surface area contributed by atoms with Gasteiger partial charge in [-0.3, -0.25) is 4.79 Å². The predicted molar refractivity (Wildman–Crippen MR) is 77.7 cm³/mol. The van der Waals surface area contributed by atoms with Crippen molar-refractivity contribution in [2.24, 2.45) is 5.92 Å². The van der Waals surface area contributed by atoms with E-state index in [0.717, 1.165) is 6.54 Å². The first kappa shape index (κ1) is 19.7. The molecule has 1 amide bonds. The molecule has 6 nitrogen and oxygen atoms in total. The molecule has 0 spiro atoms. The van der Waals surface area contributed by atoms with Crippen LogP contribution in [0.1, 0.15) is 9.67 Å². The van der Waals surface area contributed by atoms with E-state index < -0.39 is 12.1 Å². The lowest BCUT2D eigenvalue weighted by Crippen LogP contribution is -2.33. The Labute approximate surface area is 138 Å².